The molecule has 2 aromatic carbocycles. The number of sulfonamides is 1. The summed E-state index contributed by atoms with van der Waals surface area (Å²) in [6, 6.07) is 12.1. The molecule has 8 nitrogen and oxygen atoms in total. The second-order valence-electron chi connectivity index (χ2n) is 10.5. The molecular weight excluding hydrogens is 550 g/mol. The molecule has 0 bridgehead atoms. The third-order valence-electron chi connectivity index (χ3n) is 7.51. The van der Waals surface area contributed by atoms with Gasteiger partial charge in [0.05, 0.1) is 19.1 Å². The van der Waals surface area contributed by atoms with Gasteiger partial charge in [0.2, 0.25) is 21.8 Å². The SMILES string of the molecule is CC[C@H](C(=O)NC1CCCCC1)N(Cc1ccc(OC)cc1)C(=O)CCCN(c1cccc(Cl)c1C)S(C)(=O)=O. The molecule has 1 N–H and O–H groups in total. The van der Waals surface area contributed by atoms with Gasteiger partial charge in [0.15, 0.2) is 0 Å². The van der Waals surface area contributed by atoms with Crippen molar-refractivity contribution in [1.29, 1.82) is 0 Å². The number of halogens is 1. The Morgan fingerprint density at radius 1 is 1.10 bits per heavy atom. The van der Waals surface area contributed by atoms with Crippen LogP contribution in [0.1, 0.15) is 69.4 Å². The van der Waals surface area contributed by atoms with Crippen molar-refractivity contribution in [3.05, 3.63) is 58.6 Å². The number of benzene rings is 2. The minimum Gasteiger partial charge on any atom is -0.497 e. The van der Waals surface area contributed by atoms with E-state index in [1.54, 1.807) is 37.1 Å². The number of anilines is 1. The summed E-state index contributed by atoms with van der Waals surface area (Å²) < 4.78 is 31.9. The summed E-state index contributed by atoms with van der Waals surface area (Å²) in [6.07, 6.45) is 7.29. The van der Waals surface area contributed by atoms with E-state index in [2.05, 4.69) is 5.32 Å². The first-order valence-electron chi connectivity index (χ1n) is 14.0. The number of hydrogen-bond donors (Lipinski definition) is 1. The van der Waals surface area contributed by atoms with E-state index in [1.807, 2.05) is 31.2 Å². The van der Waals surface area contributed by atoms with E-state index < -0.39 is 16.1 Å². The highest BCUT2D eigenvalue weighted by Gasteiger charge is 2.30. The summed E-state index contributed by atoms with van der Waals surface area (Å²) in [5, 5.41) is 3.66. The highest BCUT2D eigenvalue weighted by molar-refractivity contribution is 7.92. The zero-order valence-corrected chi connectivity index (χ0v) is 25.6. The van der Waals surface area contributed by atoms with Crippen LogP contribution in [-0.4, -0.2) is 57.1 Å². The van der Waals surface area contributed by atoms with Crippen molar-refractivity contribution < 1.29 is 22.7 Å². The van der Waals surface area contributed by atoms with Gasteiger partial charge in [-0.1, -0.05) is 56.0 Å². The number of rotatable bonds is 13. The van der Waals surface area contributed by atoms with Gasteiger partial charge in [0.1, 0.15) is 11.8 Å². The quantitative estimate of drug-likeness (QED) is 0.334. The second kappa shape index (κ2) is 14.7. The Balaban J connectivity index is 1.78. The number of amides is 2. The standard InChI is InChI=1S/C30H42ClN3O5S/c1-5-27(30(36)32-24-11-7-6-8-12-24)33(21-23-16-18-25(39-3)19-17-23)29(35)15-10-20-34(40(4,37)38)28-14-9-13-26(31)22(28)2/h9,13-14,16-19,24,27H,5-8,10-12,15,20-21H2,1-4H3,(H,32,36)/t27-/m1/s1. The molecule has 0 spiro atoms. The van der Waals surface area contributed by atoms with E-state index in [-0.39, 0.29) is 43.8 Å². The zero-order chi connectivity index (χ0) is 29.3. The van der Waals surface area contributed by atoms with Crippen LogP contribution in [0.5, 0.6) is 5.75 Å². The molecule has 0 heterocycles. The number of nitrogens with one attached hydrogen (secondary N) is 1. The van der Waals surface area contributed by atoms with Gasteiger partial charge in [0, 0.05) is 30.6 Å². The van der Waals surface area contributed by atoms with Crippen LogP contribution in [0.3, 0.4) is 0 Å². The highest BCUT2D eigenvalue weighted by Crippen LogP contribution is 2.29. The van der Waals surface area contributed by atoms with Crippen molar-refractivity contribution in [2.75, 3.05) is 24.2 Å². The van der Waals surface area contributed by atoms with Crippen molar-refractivity contribution in [3.63, 3.8) is 0 Å². The van der Waals surface area contributed by atoms with Gasteiger partial charge in [-0.25, -0.2) is 8.42 Å². The first kappa shape index (κ1) is 31.7. The Morgan fingerprint density at radius 3 is 2.38 bits per heavy atom. The molecule has 0 aliphatic heterocycles. The van der Waals surface area contributed by atoms with Crippen LogP contribution in [0.25, 0.3) is 0 Å². The lowest BCUT2D eigenvalue weighted by molar-refractivity contribution is -0.141. The molecule has 1 aliphatic carbocycles. The van der Waals surface area contributed by atoms with Crippen molar-refractivity contribution in [1.82, 2.24) is 10.2 Å². The lowest BCUT2D eigenvalue weighted by Crippen LogP contribution is -2.51. The van der Waals surface area contributed by atoms with Gasteiger partial charge >= 0.3 is 0 Å². The maximum atomic E-state index is 13.7. The Labute approximate surface area is 244 Å². The molecule has 1 aliphatic rings. The summed E-state index contributed by atoms with van der Waals surface area (Å²) in [5.74, 6) is 0.377. The van der Waals surface area contributed by atoms with Crippen LogP contribution < -0.4 is 14.4 Å². The van der Waals surface area contributed by atoms with Crippen LogP contribution in [-0.2, 0) is 26.2 Å². The average molecular weight is 592 g/mol. The van der Waals surface area contributed by atoms with Gasteiger partial charge in [-0.05, 0) is 68.0 Å². The van der Waals surface area contributed by atoms with Crippen LogP contribution in [0.2, 0.25) is 5.02 Å². The number of methoxy groups -OCH3 is 1. The minimum absolute atomic E-state index is 0.0923. The summed E-state index contributed by atoms with van der Waals surface area (Å²) in [6.45, 7) is 4.07. The van der Waals surface area contributed by atoms with Crippen molar-refractivity contribution in [2.24, 2.45) is 0 Å². The van der Waals surface area contributed by atoms with Crippen LogP contribution in [0.4, 0.5) is 5.69 Å². The van der Waals surface area contributed by atoms with Gasteiger partial charge in [0.25, 0.3) is 0 Å². The van der Waals surface area contributed by atoms with E-state index in [9.17, 15) is 18.0 Å². The molecule has 40 heavy (non-hydrogen) atoms. The number of ether oxygens (including phenoxy) is 1. The molecule has 0 saturated heterocycles. The van der Waals surface area contributed by atoms with E-state index in [4.69, 9.17) is 16.3 Å². The second-order valence-corrected chi connectivity index (χ2v) is 12.8. The predicted molar refractivity (Wildman–Crippen MR) is 160 cm³/mol. The molecule has 1 atom stereocenters. The number of hydrogen-bond acceptors (Lipinski definition) is 5. The summed E-state index contributed by atoms with van der Waals surface area (Å²) in [5.41, 5.74) is 2.04. The Kier molecular flexibility index (Phi) is 11.7. The lowest BCUT2D eigenvalue weighted by Gasteiger charge is -2.33. The monoisotopic (exact) mass is 591 g/mol. The Hall–Kier alpha value is -2.78. The fourth-order valence-electron chi connectivity index (χ4n) is 5.24. The van der Waals surface area contributed by atoms with Gasteiger partial charge in [-0.3, -0.25) is 13.9 Å². The number of carbonyl (C=O) groups excluding carboxylic acids is 2. The minimum atomic E-state index is -3.61. The first-order chi connectivity index (χ1) is 19.0. The molecule has 10 heteroatoms. The maximum Gasteiger partial charge on any atom is 0.243 e. The molecule has 0 unspecified atom stereocenters. The normalized spacial score (nSPS) is 14.8. The Morgan fingerprint density at radius 2 is 1.77 bits per heavy atom. The molecule has 220 valence electrons. The number of carbonyl (C=O) groups is 2. The smallest absolute Gasteiger partial charge is 0.243 e. The fraction of sp³-hybridized carbons (Fsp3) is 0.533. The van der Waals surface area contributed by atoms with Gasteiger partial charge < -0.3 is 15.0 Å². The van der Waals surface area contributed by atoms with E-state index in [0.717, 1.165) is 37.5 Å². The van der Waals surface area contributed by atoms with Crippen LogP contribution >= 0.6 is 11.6 Å². The summed E-state index contributed by atoms with van der Waals surface area (Å²) >= 11 is 6.25. The van der Waals surface area contributed by atoms with Crippen LogP contribution in [0.15, 0.2) is 42.5 Å². The molecule has 2 amide bonds. The lowest BCUT2D eigenvalue weighted by atomic mass is 9.95. The molecule has 3 rings (SSSR count). The Bertz CT molecular complexity index is 1250. The third kappa shape index (κ3) is 8.61. The molecule has 0 aromatic heterocycles. The number of nitrogens with zero attached hydrogens (tertiary/aromatic N) is 2. The van der Waals surface area contributed by atoms with E-state index in [1.165, 1.54) is 10.7 Å². The van der Waals surface area contributed by atoms with Crippen molar-refractivity contribution in [3.8, 4) is 5.75 Å². The largest absolute Gasteiger partial charge is 0.497 e. The maximum absolute atomic E-state index is 13.7. The summed E-state index contributed by atoms with van der Waals surface area (Å²) in [4.78, 5) is 28.7. The van der Waals surface area contributed by atoms with Crippen molar-refractivity contribution >= 4 is 39.1 Å². The molecular formula is C30H42ClN3O5S. The molecule has 0 radical (unpaired) electrons. The van der Waals surface area contributed by atoms with E-state index in [0.29, 0.717) is 28.4 Å². The van der Waals surface area contributed by atoms with Crippen molar-refractivity contribution in [2.45, 2.75) is 83.8 Å². The van der Waals surface area contributed by atoms with Gasteiger partial charge in [-0.2, -0.15) is 0 Å². The topological polar surface area (TPSA) is 96.0 Å². The summed E-state index contributed by atoms with van der Waals surface area (Å²) in [7, 11) is -2.01. The fourth-order valence-corrected chi connectivity index (χ4v) is 6.43. The van der Waals surface area contributed by atoms with Gasteiger partial charge in [-0.15, -0.1) is 0 Å². The van der Waals surface area contributed by atoms with Crippen LogP contribution in [0, 0.1) is 6.92 Å². The predicted octanol–water partition coefficient (Wildman–Crippen LogP) is 5.46. The third-order valence-corrected chi connectivity index (χ3v) is 9.10. The zero-order valence-electron chi connectivity index (χ0n) is 24.0. The molecule has 2 aromatic rings. The first-order valence-corrected chi connectivity index (χ1v) is 16.2. The highest BCUT2D eigenvalue weighted by atomic mass is 35.5. The average Bonchev–Trinajstić information content (AvgIpc) is 2.93. The molecule has 1 fully saturated rings. The molecule has 1 saturated carbocycles. The van der Waals surface area contributed by atoms with E-state index >= 15 is 0 Å².